The number of benzene rings is 2. The molecule has 0 aliphatic carbocycles. The zero-order valence-corrected chi connectivity index (χ0v) is 19.2. The van der Waals surface area contributed by atoms with Gasteiger partial charge < -0.3 is 4.74 Å². The second-order valence-electron chi connectivity index (χ2n) is 8.06. The third kappa shape index (κ3) is 4.41. The molecule has 1 unspecified atom stereocenters. The van der Waals surface area contributed by atoms with E-state index in [1.807, 2.05) is 19.1 Å². The lowest BCUT2D eigenvalue weighted by Gasteiger charge is -2.30. The Bertz CT molecular complexity index is 1340. The van der Waals surface area contributed by atoms with Gasteiger partial charge in [-0.05, 0) is 37.1 Å². The third-order valence-corrected chi connectivity index (χ3v) is 7.40. The molecule has 172 valence electrons. The maximum Gasteiger partial charge on any atom is 0.303 e. The molecule has 2 aromatic carbocycles. The first-order valence-corrected chi connectivity index (χ1v) is 12.0. The minimum absolute atomic E-state index is 0.0635. The number of amides is 2. The number of nitrogens with zero attached hydrogens (tertiary/aromatic N) is 2. The molecule has 1 atom stereocenters. The second-order valence-corrected chi connectivity index (χ2v) is 9.87. The van der Waals surface area contributed by atoms with E-state index in [1.54, 1.807) is 42.6 Å². The van der Waals surface area contributed by atoms with Crippen molar-refractivity contribution in [2.24, 2.45) is 0 Å². The summed E-state index contributed by atoms with van der Waals surface area (Å²) in [5.74, 6) is -1.45. The predicted molar refractivity (Wildman–Crippen MR) is 121 cm³/mol. The number of para-hydroxylation sites is 1. The van der Waals surface area contributed by atoms with Crippen LogP contribution < -0.4 is 0 Å². The van der Waals surface area contributed by atoms with Gasteiger partial charge in [-0.1, -0.05) is 35.9 Å². The molecule has 9 heteroatoms. The summed E-state index contributed by atoms with van der Waals surface area (Å²) in [6, 6.07) is 13.7. The second kappa shape index (κ2) is 8.82. The molecule has 2 amide bonds. The number of aromatic nitrogens is 1. The number of carbonyl (C=O) groups is 3. The van der Waals surface area contributed by atoms with Crippen LogP contribution in [0, 0.1) is 6.92 Å². The van der Waals surface area contributed by atoms with Gasteiger partial charge in [0.15, 0.2) is 6.10 Å². The van der Waals surface area contributed by atoms with Gasteiger partial charge in [0.2, 0.25) is 5.91 Å². The number of likely N-dealkylation sites (tertiary alicyclic amines) is 1. The van der Waals surface area contributed by atoms with Crippen molar-refractivity contribution in [2.75, 3.05) is 6.54 Å². The average Bonchev–Trinajstić information content (AvgIpc) is 3.15. The van der Waals surface area contributed by atoms with E-state index in [0.29, 0.717) is 11.1 Å². The minimum Gasteiger partial charge on any atom is -0.452 e. The molecule has 1 aliphatic rings. The molecule has 1 aliphatic heterocycles. The van der Waals surface area contributed by atoms with Gasteiger partial charge in [0.1, 0.15) is 0 Å². The van der Waals surface area contributed by atoms with Crippen LogP contribution in [-0.2, 0) is 35.6 Å². The molecular weight excluding hydrogens is 444 g/mol. The monoisotopic (exact) mass is 468 g/mol. The highest BCUT2D eigenvalue weighted by molar-refractivity contribution is 7.90. The van der Waals surface area contributed by atoms with Crippen molar-refractivity contribution in [3.63, 3.8) is 0 Å². The van der Waals surface area contributed by atoms with Crippen LogP contribution in [-0.4, -0.2) is 47.7 Å². The van der Waals surface area contributed by atoms with E-state index in [4.69, 9.17) is 4.74 Å². The first-order valence-electron chi connectivity index (χ1n) is 10.6. The van der Waals surface area contributed by atoms with Crippen molar-refractivity contribution < 1.29 is 27.5 Å². The molecule has 1 fully saturated rings. The summed E-state index contributed by atoms with van der Waals surface area (Å²) in [4.78, 5) is 37.6. The molecule has 1 aromatic heterocycles. The number of ether oxygens (including phenoxy) is 1. The molecular formula is C24H24N2O6S. The van der Waals surface area contributed by atoms with Crippen LogP contribution in [0.2, 0.25) is 0 Å². The van der Waals surface area contributed by atoms with Crippen molar-refractivity contribution in [3.05, 3.63) is 65.9 Å². The van der Waals surface area contributed by atoms with Crippen LogP contribution in [0.5, 0.6) is 0 Å². The summed E-state index contributed by atoms with van der Waals surface area (Å²) < 4.78 is 32.9. The molecule has 0 saturated carbocycles. The SMILES string of the molecule is CC(=O)OC1CCC(=O)N(CCc2cn(S(=O)(=O)c3ccc(C)cc3)c3ccccc23)C1=O. The lowest BCUT2D eigenvalue weighted by Crippen LogP contribution is -2.49. The number of piperidine rings is 1. The van der Waals surface area contributed by atoms with E-state index in [2.05, 4.69) is 0 Å². The number of hydrogen-bond acceptors (Lipinski definition) is 6. The van der Waals surface area contributed by atoms with Crippen molar-refractivity contribution in [2.45, 2.75) is 44.1 Å². The number of esters is 1. The van der Waals surface area contributed by atoms with Crippen LogP contribution in [0.4, 0.5) is 0 Å². The fraction of sp³-hybridized carbons (Fsp3) is 0.292. The van der Waals surface area contributed by atoms with Gasteiger partial charge in [-0.15, -0.1) is 0 Å². The first kappa shape index (κ1) is 22.7. The lowest BCUT2D eigenvalue weighted by atomic mass is 10.0. The van der Waals surface area contributed by atoms with Crippen molar-refractivity contribution in [1.29, 1.82) is 0 Å². The van der Waals surface area contributed by atoms with Crippen molar-refractivity contribution in [3.8, 4) is 0 Å². The third-order valence-electron chi connectivity index (χ3n) is 5.71. The molecule has 2 heterocycles. The largest absolute Gasteiger partial charge is 0.452 e. The molecule has 8 nitrogen and oxygen atoms in total. The maximum atomic E-state index is 13.3. The van der Waals surface area contributed by atoms with Gasteiger partial charge in [0.05, 0.1) is 10.4 Å². The Hall–Kier alpha value is -3.46. The Kier molecular flexibility index (Phi) is 6.07. The van der Waals surface area contributed by atoms with Gasteiger partial charge in [0, 0.05) is 37.9 Å². The summed E-state index contributed by atoms with van der Waals surface area (Å²) in [5, 5.41) is 0.724. The van der Waals surface area contributed by atoms with Crippen molar-refractivity contribution in [1.82, 2.24) is 8.87 Å². The fourth-order valence-electron chi connectivity index (χ4n) is 4.03. The molecule has 0 bridgehead atoms. The van der Waals surface area contributed by atoms with E-state index >= 15 is 0 Å². The Labute approximate surface area is 191 Å². The van der Waals surface area contributed by atoms with Crippen molar-refractivity contribution >= 4 is 38.7 Å². The molecule has 3 aromatic rings. The summed E-state index contributed by atoms with van der Waals surface area (Å²) in [5.41, 5.74) is 2.16. The molecule has 1 saturated heterocycles. The normalized spacial score (nSPS) is 16.9. The highest BCUT2D eigenvalue weighted by Crippen LogP contribution is 2.27. The summed E-state index contributed by atoms with van der Waals surface area (Å²) >= 11 is 0. The summed E-state index contributed by atoms with van der Waals surface area (Å²) in [7, 11) is -3.84. The number of rotatable bonds is 6. The molecule has 0 N–H and O–H groups in total. The van der Waals surface area contributed by atoms with E-state index in [0.717, 1.165) is 15.8 Å². The van der Waals surface area contributed by atoms with Gasteiger partial charge in [0.25, 0.3) is 15.9 Å². The topological polar surface area (TPSA) is 103 Å². The van der Waals surface area contributed by atoms with Crippen LogP contribution in [0.25, 0.3) is 10.9 Å². The zero-order chi connectivity index (χ0) is 23.8. The van der Waals surface area contributed by atoms with Gasteiger partial charge in [-0.2, -0.15) is 0 Å². The number of fused-ring (bicyclic) bond motifs is 1. The Morgan fingerprint density at radius 1 is 1.09 bits per heavy atom. The summed E-state index contributed by atoms with van der Waals surface area (Å²) in [6.45, 7) is 3.17. The molecule has 0 spiro atoms. The first-order chi connectivity index (χ1) is 15.7. The van der Waals surface area contributed by atoms with Gasteiger partial charge >= 0.3 is 5.97 Å². The van der Waals surface area contributed by atoms with Gasteiger partial charge in [-0.3, -0.25) is 19.3 Å². The molecule has 33 heavy (non-hydrogen) atoms. The highest BCUT2D eigenvalue weighted by atomic mass is 32.2. The highest BCUT2D eigenvalue weighted by Gasteiger charge is 2.36. The number of hydrogen-bond donors (Lipinski definition) is 0. The minimum atomic E-state index is -3.84. The van der Waals surface area contributed by atoms with Crippen LogP contribution >= 0.6 is 0 Å². The number of carbonyl (C=O) groups excluding carboxylic acids is 3. The summed E-state index contributed by atoms with van der Waals surface area (Å²) in [6.07, 6.45) is 1.11. The molecule has 0 radical (unpaired) electrons. The van der Waals surface area contributed by atoms with Crippen LogP contribution in [0.1, 0.15) is 30.9 Å². The predicted octanol–water partition coefficient (Wildman–Crippen LogP) is 2.81. The smallest absolute Gasteiger partial charge is 0.303 e. The van der Waals surface area contributed by atoms with Gasteiger partial charge in [-0.25, -0.2) is 12.4 Å². The molecule has 4 rings (SSSR count). The number of imide groups is 1. The van der Waals surface area contributed by atoms with Crippen LogP contribution in [0.15, 0.2) is 59.6 Å². The van der Waals surface area contributed by atoms with Crippen LogP contribution in [0.3, 0.4) is 0 Å². The van der Waals surface area contributed by atoms with E-state index in [9.17, 15) is 22.8 Å². The van der Waals surface area contributed by atoms with E-state index in [1.165, 1.54) is 10.9 Å². The van der Waals surface area contributed by atoms with E-state index < -0.39 is 28.0 Å². The lowest BCUT2D eigenvalue weighted by molar-refractivity contribution is -0.167. The standard InChI is InChI=1S/C24H24N2O6S/c1-16-7-9-19(10-8-16)33(30,31)26-15-18(20-5-3-4-6-21(20)26)13-14-25-23(28)12-11-22(24(25)29)32-17(2)27/h3-10,15,22H,11-14H2,1-2H3. The quantitative estimate of drug-likeness (QED) is 0.407. The fourth-order valence-corrected chi connectivity index (χ4v) is 5.42. The number of aryl methyl sites for hydroxylation is 1. The Balaban J connectivity index is 1.64. The van der Waals surface area contributed by atoms with E-state index in [-0.39, 0.29) is 36.6 Å². The maximum absolute atomic E-state index is 13.3. The Morgan fingerprint density at radius 3 is 2.48 bits per heavy atom. The average molecular weight is 469 g/mol. The Morgan fingerprint density at radius 2 is 1.79 bits per heavy atom. The zero-order valence-electron chi connectivity index (χ0n) is 18.4.